The van der Waals surface area contributed by atoms with Crippen LogP contribution in [0, 0.1) is 22.7 Å². The predicted octanol–water partition coefficient (Wildman–Crippen LogP) is 4.33. The monoisotopic (exact) mass is 605 g/mol. The van der Waals surface area contributed by atoms with Gasteiger partial charge in [0.25, 0.3) is 5.91 Å². The van der Waals surface area contributed by atoms with Crippen LogP contribution in [0.4, 0.5) is 4.79 Å². The molecule has 1 unspecified atom stereocenters. The summed E-state index contributed by atoms with van der Waals surface area (Å²) in [5.41, 5.74) is -0.804. The zero-order chi connectivity index (χ0) is 33.1. The normalized spacial score (nSPS) is 19.3. The van der Waals surface area contributed by atoms with Crippen molar-refractivity contribution in [3.63, 3.8) is 0 Å². The first kappa shape index (κ1) is 38.1. The summed E-state index contributed by atoms with van der Waals surface area (Å²) in [6.45, 7) is 24.1. The Morgan fingerprint density at radius 2 is 1.58 bits per heavy atom. The third kappa shape index (κ3) is 11.9. The number of amides is 5. The fourth-order valence-corrected chi connectivity index (χ4v) is 5.68. The van der Waals surface area contributed by atoms with Gasteiger partial charge in [-0.15, -0.1) is 6.58 Å². The number of carbonyl (C=O) groups is 5. The van der Waals surface area contributed by atoms with Crippen molar-refractivity contribution in [1.82, 2.24) is 26.2 Å². The lowest BCUT2D eigenvalue weighted by molar-refractivity contribution is -0.143. The number of unbranched alkanes of at least 4 members (excludes halogenated alkanes) is 1. The lowest BCUT2D eigenvalue weighted by Crippen LogP contribution is -2.61. The maximum absolute atomic E-state index is 14.2. The van der Waals surface area contributed by atoms with Gasteiger partial charge in [0.15, 0.2) is 0 Å². The SMILES string of the molecule is C=CCNC(=O)C(=O)C(CCCC)NC(=O)[C@@H]1C[C@@H](CC(C)C)CN1C(=O)[C@@H](NC(=O)N[C@H](CC)C(C)(C)C)C(C)(C)C. The summed E-state index contributed by atoms with van der Waals surface area (Å²) in [5, 5.41) is 11.2. The molecule has 1 rings (SSSR count). The third-order valence-electron chi connectivity index (χ3n) is 8.04. The molecule has 0 aromatic carbocycles. The first-order valence-corrected chi connectivity index (χ1v) is 16.0. The van der Waals surface area contributed by atoms with E-state index in [4.69, 9.17) is 0 Å². The molecule has 5 atom stereocenters. The predicted molar refractivity (Wildman–Crippen MR) is 171 cm³/mol. The van der Waals surface area contributed by atoms with Gasteiger partial charge in [0.1, 0.15) is 12.1 Å². The van der Waals surface area contributed by atoms with E-state index in [1.165, 1.54) is 6.08 Å². The van der Waals surface area contributed by atoms with Crippen molar-refractivity contribution in [3.8, 4) is 0 Å². The molecule has 10 nitrogen and oxygen atoms in total. The van der Waals surface area contributed by atoms with Gasteiger partial charge in [0.05, 0.1) is 6.04 Å². The smallest absolute Gasteiger partial charge is 0.315 e. The Bertz CT molecular complexity index is 981. The zero-order valence-corrected chi connectivity index (χ0v) is 28.4. The number of Topliss-reactive ketones (excluding diaryl/α,β-unsaturated/α-hetero) is 1. The van der Waals surface area contributed by atoms with Crippen molar-refractivity contribution < 1.29 is 24.0 Å². The Hall–Kier alpha value is -2.91. The molecule has 4 N–H and O–H groups in total. The Labute approximate surface area is 259 Å². The molecule has 246 valence electrons. The van der Waals surface area contributed by atoms with E-state index < -0.39 is 47.2 Å². The van der Waals surface area contributed by atoms with Crippen molar-refractivity contribution >= 4 is 29.5 Å². The van der Waals surface area contributed by atoms with Gasteiger partial charge in [-0.3, -0.25) is 19.2 Å². The molecule has 43 heavy (non-hydrogen) atoms. The molecular formula is C33H59N5O5. The van der Waals surface area contributed by atoms with Crippen LogP contribution in [0.5, 0.6) is 0 Å². The van der Waals surface area contributed by atoms with Crippen LogP contribution >= 0.6 is 0 Å². The number of likely N-dealkylation sites (tertiary alicyclic amines) is 1. The summed E-state index contributed by atoms with van der Waals surface area (Å²) >= 11 is 0. The molecule has 0 aromatic rings. The maximum atomic E-state index is 14.2. The Morgan fingerprint density at radius 3 is 2.07 bits per heavy atom. The highest BCUT2D eigenvalue weighted by molar-refractivity contribution is 6.38. The number of carbonyl (C=O) groups excluding carboxylic acids is 5. The van der Waals surface area contributed by atoms with Crippen LogP contribution < -0.4 is 21.3 Å². The lowest BCUT2D eigenvalue weighted by Gasteiger charge is -2.37. The summed E-state index contributed by atoms with van der Waals surface area (Å²) in [5.74, 6) is -1.84. The Morgan fingerprint density at radius 1 is 0.953 bits per heavy atom. The third-order valence-corrected chi connectivity index (χ3v) is 8.04. The van der Waals surface area contributed by atoms with Crippen LogP contribution in [-0.2, 0) is 19.2 Å². The molecule has 0 saturated carbocycles. The van der Waals surface area contributed by atoms with Crippen LogP contribution in [0.1, 0.15) is 108 Å². The Balaban J connectivity index is 3.31. The minimum atomic E-state index is -0.996. The van der Waals surface area contributed by atoms with Gasteiger partial charge in [0.2, 0.25) is 17.6 Å². The molecule has 1 aliphatic rings. The molecule has 1 heterocycles. The van der Waals surface area contributed by atoms with Gasteiger partial charge in [-0.2, -0.15) is 0 Å². The summed E-state index contributed by atoms with van der Waals surface area (Å²) < 4.78 is 0. The second-order valence-corrected chi connectivity index (χ2v) is 14.5. The summed E-state index contributed by atoms with van der Waals surface area (Å²) in [7, 11) is 0. The number of hydrogen-bond acceptors (Lipinski definition) is 5. The minimum Gasteiger partial charge on any atom is -0.346 e. The highest BCUT2D eigenvalue weighted by Crippen LogP contribution is 2.32. The average molecular weight is 606 g/mol. The first-order chi connectivity index (χ1) is 19.9. The second kappa shape index (κ2) is 16.8. The van der Waals surface area contributed by atoms with Crippen LogP contribution in [-0.4, -0.2) is 71.7 Å². The van der Waals surface area contributed by atoms with Crippen LogP contribution in [0.25, 0.3) is 0 Å². The van der Waals surface area contributed by atoms with Crippen LogP contribution in [0.15, 0.2) is 12.7 Å². The van der Waals surface area contributed by atoms with Gasteiger partial charge in [-0.1, -0.05) is 88.2 Å². The van der Waals surface area contributed by atoms with Crippen LogP contribution in [0.2, 0.25) is 0 Å². The molecule has 0 aromatic heterocycles. The van der Waals surface area contributed by atoms with E-state index in [1.54, 1.807) is 4.90 Å². The molecule has 10 heteroatoms. The summed E-state index contributed by atoms with van der Waals surface area (Å²) in [4.78, 5) is 68.2. The lowest BCUT2D eigenvalue weighted by atomic mass is 9.84. The van der Waals surface area contributed by atoms with Crippen molar-refractivity contribution in [2.45, 2.75) is 132 Å². The van der Waals surface area contributed by atoms with Gasteiger partial charge < -0.3 is 26.2 Å². The molecule has 1 fully saturated rings. The van der Waals surface area contributed by atoms with E-state index in [0.717, 1.165) is 19.3 Å². The molecule has 1 aliphatic heterocycles. The van der Waals surface area contributed by atoms with Crippen molar-refractivity contribution in [2.24, 2.45) is 22.7 Å². The molecule has 0 spiro atoms. The molecule has 0 bridgehead atoms. The van der Waals surface area contributed by atoms with Gasteiger partial charge >= 0.3 is 6.03 Å². The standard InChI is InChI=1S/C33H59N5O5/c1-12-15-16-23(26(39)29(41)34-17-13-2)35-28(40)24-19-22(18-21(4)5)20-38(24)30(42)27(33(9,10)11)37-31(43)36-25(14-3)32(6,7)8/h13,21-25,27H,2,12,14-20H2,1,3-11H3,(H,34,41)(H,35,40)(H2,36,37,43)/t22-,23?,24+,25-,27-/m1/s1. The minimum absolute atomic E-state index is 0.0835. The molecule has 0 radical (unpaired) electrons. The topological polar surface area (TPSA) is 137 Å². The van der Waals surface area contributed by atoms with Crippen molar-refractivity contribution in [3.05, 3.63) is 12.7 Å². The number of rotatable bonds is 15. The maximum Gasteiger partial charge on any atom is 0.315 e. The van der Waals surface area contributed by atoms with E-state index in [0.29, 0.717) is 31.7 Å². The number of ketones is 1. The first-order valence-electron chi connectivity index (χ1n) is 16.0. The van der Waals surface area contributed by atoms with E-state index >= 15 is 0 Å². The van der Waals surface area contributed by atoms with E-state index in [2.05, 4.69) is 62.5 Å². The van der Waals surface area contributed by atoms with Crippen molar-refractivity contribution in [1.29, 1.82) is 0 Å². The second-order valence-electron chi connectivity index (χ2n) is 14.5. The molecular weight excluding hydrogens is 546 g/mol. The fraction of sp³-hybridized carbons (Fsp3) is 0.788. The van der Waals surface area contributed by atoms with Gasteiger partial charge in [-0.25, -0.2) is 4.79 Å². The summed E-state index contributed by atoms with van der Waals surface area (Å²) in [6, 6.07) is -3.23. The highest BCUT2D eigenvalue weighted by Gasteiger charge is 2.45. The fourth-order valence-electron chi connectivity index (χ4n) is 5.68. The van der Waals surface area contributed by atoms with Crippen molar-refractivity contribution in [2.75, 3.05) is 13.1 Å². The van der Waals surface area contributed by atoms with E-state index in [9.17, 15) is 24.0 Å². The number of hydrogen-bond donors (Lipinski definition) is 4. The number of nitrogens with one attached hydrogen (secondary N) is 4. The molecule has 0 aliphatic carbocycles. The Kier molecular flexibility index (Phi) is 14.9. The quantitative estimate of drug-likeness (QED) is 0.163. The zero-order valence-electron chi connectivity index (χ0n) is 28.4. The average Bonchev–Trinajstić information content (AvgIpc) is 3.32. The molecule has 1 saturated heterocycles. The van der Waals surface area contributed by atoms with Gasteiger partial charge in [0, 0.05) is 19.1 Å². The van der Waals surface area contributed by atoms with Gasteiger partial charge in [-0.05, 0) is 48.3 Å². The van der Waals surface area contributed by atoms with E-state index in [1.807, 2.05) is 34.6 Å². The van der Waals surface area contributed by atoms with Crippen LogP contribution in [0.3, 0.4) is 0 Å². The highest BCUT2D eigenvalue weighted by atomic mass is 16.2. The number of urea groups is 1. The van der Waals surface area contributed by atoms with E-state index in [-0.39, 0.29) is 29.8 Å². The summed E-state index contributed by atoms with van der Waals surface area (Å²) in [6.07, 6.45) is 5.23. The number of nitrogens with zero attached hydrogens (tertiary/aromatic N) is 1. The largest absolute Gasteiger partial charge is 0.346 e. The molecule has 5 amide bonds.